The monoisotopic (exact) mass is 325 g/mol. The molecule has 1 unspecified atom stereocenters. The summed E-state index contributed by atoms with van der Waals surface area (Å²) in [6.07, 6.45) is 3.45. The Kier molecular flexibility index (Phi) is 5.40. The van der Waals surface area contributed by atoms with E-state index in [0.717, 1.165) is 30.5 Å². The van der Waals surface area contributed by atoms with E-state index in [9.17, 15) is 4.79 Å². The van der Waals surface area contributed by atoms with Crippen LogP contribution in [0.2, 0.25) is 0 Å². The Balaban J connectivity index is 1.87. The lowest BCUT2D eigenvalue weighted by molar-refractivity contribution is -0.137. The summed E-state index contributed by atoms with van der Waals surface area (Å²) in [7, 11) is 0. The predicted molar refractivity (Wildman–Crippen MR) is 79.0 cm³/mol. The molecule has 1 fully saturated rings. The van der Waals surface area contributed by atoms with Gasteiger partial charge in [-0.25, -0.2) is 0 Å². The molecule has 0 spiro atoms. The smallest absolute Gasteiger partial charge is 0.303 e. The summed E-state index contributed by atoms with van der Waals surface area (Å²) in [5, 5.41) is 8.76. The van der Waals surface area contributed by atoms with E-state index < -0.39 is 5.97 Å². The third-order valence-electron chi connectivity index (χ3n) is 3.72. The molecule has 1 aromatic carbocycles. The number of halogens is 1. The van der Waals surface area contributed by atoms with E-state index in [0.29, 0.717) is 12.3 Å². The number of benzene rings is 1. The van der Waals surface area contributed by atoms with Crippen LogP contribution in [-0.4, -0.2) is 29.1 Å². The van der Waals surface area contributed by atoms with Crippen LogP contribution in [0, 0.1) is 5.92 Å². The number of carbonyl (C=O) groups is 1. The number of rotatable bonds is 5. The molecule has 3 nitrogen and oxygen atoms in total. The molecule has 104 valence electrons. The minimum Gasteiger partial charge on any atom is -0.481 e. The van der Waals surface area contributed by atoms with Crippen LogP contribution in [0.25, 0.3) is 0 Å². The summed E-state index contributed by atoms with van der Waals surface area (Å²) in [5.41, 5.74) is 1.31. The quantitative estimate of drug-likeness (QED) is 0.900. The van der Waals surface area contributed by atoms with Gasteiger partial charge in [-0.05, 0) is 43.4 Å². The molecule has 0 aromatic heterocycles. The van der Waals surface area contributed by atoms with E-state index in [2.05, 4.69) is 39.0 Å². The SMILES string of the molecule is O=C(O)CCC1CCCN(Cc2ccccc2Br)C1. The van der Waals surface area contributed by atoms with Crippen molar-refractivity contribution in [2.24, 2.45) is 5.92 Å². The number of nitrogens with zero attached hydrogens (tertiary/aromatic N) is 1. The number of carboxylic acid groups (broad SMARTS) is 1. The Bertz CT molecular complexity index is 436. The second kappa shape index (κ2) is 7.06. The van der Waals surface area contributed by atoms with Gasteiger partial charge in [-0.1, -0.05) is 34.1 Å². The number of hydrogen-bond acceptors (Lipinski definition) is 2. The van der Waals surface area contributed by atoms with Crippen LogP contribution < -0.4 is 0 Å². The number of carboxylic acids is 1. The summed E-state index contributed by atoms with van der Waals surface area (Å²) in [4.78, 5) is 13.1. The zero-order valence-electron chi connectivity index (χ0n) is 11.0. The molecular formula is C15H20BrNO2. The Morgan fingerprint density at radius 3 is 2.95 bits per heavy atom. The van der Waals surface area contributed by atoms with Crippen molar-refractivity contribution in [1.82, 2.24) is 4.90 Å². The number of aliphatic carboxylic acids is 1. The van der Waals surface area contributed by atoms with Gasteiger partial charge in [0.05, 0.1) is 0 Å². The van der Waals surface area contributed by atoms with Gasteiger partial charge >= 0.3 is 5.97 Å². The minimum atomic E-state index is -0.678. The highest BCUT2D eigenvalue weighted by Crippen LogP contribution is 2.24. The van der Waals surface area contributed by atoms with Crippen molar-refractivity contribution in [3.8, 4) is 0 Å². The molecule has 2 rings (SSSR count). The second-order valence-electron chi connectivity index (χ2n) is 5.27. The topological polar surface area (TPSA) is 40.5 Å². The fourth-order valence-electron chi connectivity index (χ4n) is 2.73. The van der Waals surface area contributed by atoms with Gasteiger partial charge in [0, 0.05) is 24.0 Å². The van der Waals surface area contributed by atoms with Crippen molar-refractivity contribution in [2.75, 3.05) is 13.1 Å². The summed E-state index contributed by atoms with van der Waals surface area (Å²) < 4.78 is 1.16. The Morgan fingerprint density at radius 2 is 2.21 bits per heavy atom. The van der Waals surface area contributed by atoms with Crippen LogP contribution in [0.1, 0.15) is 31.2 Å². The van der Waals surface area contributed by atoms with E-state index in [1.54, 1.807) is 0 Å². The average molecular weight is 326 g/mol. The van der Waals surface area contributed by atoms with Gasteiger partial charge < -0.3 is 5.11 Å². The summed E-state index contributed by atoms with van der Waals surface area (Å²) in [6.45, 7) is 3.09. The minimum absolute atomic E-state index is 0.299. The summed E-state index contributed by atoms with van der Waals surface area (Å²) in [6, 6.07) is 8.30. The van der Waals surface area contributed by atoms with Crippen molar-refractivity contribution < 1.29 is 9.90 Å². The molecule has 0 radical (unpaired) electrons. The van der Waals surface area contributed by atoms with Crippen molar-refractivity contribution in [3.05, 3.63) is 34.3 Å². The molecule has 1 aliphatic heterocycles. The first-order valence-electron chi connectivity index (χ1n) is 6.82. The lowest BCUT2D eigenvalue weighted by atomic mass is 9.93. The molecule has 1 heterocycles. The second-order valence-corrected chi connectivity index (χ2v) is 6.12. The fraction of sp³-hybridized carbons (Fsp3) is 0.533. The highest BCUT2D eigenvalue weighted by Gasteiger charge is 2.20. The van der Waals surface area contributed by atoms with Gasteiger partial charge in [0.1, 0.15) is 0 Å². The van der Waals surface area contributed by atoms with Crippen molar-refractivity contribution in [3.63, 3.8) is 0 Å². The normalized spacial score (nSPS) is 20.4. The standard InChI is InChI=1S/C15H20BrNO2/c16-14-6-2-1-5-13(14)11-17-9-3-4-12(10-17)7-8-15(18)19/h1-2,5-6,12H,3-4,7-11H2,(H,18,19). The largest absolute Gasteiger partial charge is 0.481 e. The van der Waals surface area contributed by atoms with Gasteiger partial charge in [0.15, 0.2) is 0 Å². The van der Waals surface area contributed by atoms with Gasteiger partial charge in [-0.3, -0.25) is 9.69 Å². The zero-order chi connectivity index (χ0) is 13.7. The summed E-state index contributed by atoms with van der Waals surface area (Å²) >= 11 is 3.58. The first kappa shape index (κ1) is 14.5. The van der Waals surface area contributed by atoms with Crippen LogP contribution in [0.3, 0.4) is 0 Å². The first-order chi connectivity index (χ1) is 9.15. The molecule has 4 heteroatoms. The van der Waals surface area contributed by atoms with Crippen LogP contribution in [0.4, 0.5) is 0 Å². The van der Waals surface area contributed by atoms with Crippen LogP contribution >= 0.6 is 15.9 Å². The highest BCUT2D eigenvalue weighted by atomic mass is 79.9. The molecule has 19 heavy (non-hydrogen) atoms. The maximum absolute atomic E-state index is 10.6. The fourth-order valence-corrected chi connectivity index (χ4v) is 3.14. The molecule has 0 bridgehead atoms. The van der Waals surface area contributed by atoms with Crippen molar-refractivity contribution >= 4 is 21.9 Å². The lowest BCUT2D eigenvalue weighted by Gasteiger charge is -2.32. The molecule has 1 aliphatic rings. The summed E-state index contributed by atoms with van der Waals surface area (Å²) in [5.74, 6) is -0.143. The molecule has 1 aromatic rings. The first-order valence-corrected chi connectivity index (χ1v) is 7.62. The van der Waals surface area contributed by atoms with Crippen molar-refractivity contribution in [1.29, 1.82) is 0 Å². The van der Waals surface area contributed by atoms with Crippen LogP contribution in [0.5, 0.6) is 0 Å². The van der Waals surface area contributed by atoms with E-state index in [1.807, 2.05) is 6.07 Å². The molecule has 1 N–H and O–H groups in total. The van der Waals surface area contributed by atoms with Crippen LogP contribution in [0.15, 0.2) is 28.7 Å². The lowest BCUT2D eigenvalue weighted by Crippen LogP contribution is -2.35. The average Bonchev–Trinajstić information content (AvgIpc) is 2.40. The van der Waals surface area contributed by atoms with Gasteiger partial charge in [0.2, 0.25) is 0 Å². The highest BCUT2D eigenvalue weighted by molar-refractivity contribution is 9.10. The van der Waals surface area contributed by atoms with Crippen LogP contribution in [-0.2, 0) is 11.3 Å². The van der Waals surface area contributed by atoms with E-state index >= 15 is 0 Å². The Morgan fingerprint density at radius 1 is 1.42 bits per heavy atom. The van der Waals surface area contributed by atoms with E-state index in [-0.39, 0.29) is 0 Å². The van der Waals surface area contributed by atoms with E-state index in [1.165, 1.54) is 18.4 Å². The molecule has 0 amide bonds. The van der Waals surface area contributed by atoms with E-state index in [4.69, 9.17) is 5.11 Å². The van der Waals surface area contributed by atoms with Gasteiger partial charge in [0.25, 0.3) is 0 Å². The van der Waals surface area contributed by atoms with Crippen molar-refractivity contribution in [2.45, 2.75) is 32.2 Å². The Labute approximate surface area is 122 Å². The zero-order valence-corrected chi connectivity index (χ0v) is 12.6. The Hall–Kier alpha value is -0.870. The molecular weight excluding hydrogens is 306 g/mol. The number of hydrogen-bond donors (Lipinski definition) is 1. The number of piperidine rings is 1. The predicted octanol–water partition coefficient (Wildman–Crippen LogP) is 3.53. The maximum Gasteiger partial charge on any atom is 0.303 e. The third-order valence-corrected chi connectivity index (χ3v) is 4.49. The molecule has 0 aliphatic carbocycles. The molecule has 1 saturated heterocycles. The molecule has 1 atom stereocenters. The van der Waals surface area contributed by atoms with Gasteiger partial charge in [-0.15, -0.1) is 0 Å². The maximum atomic E-state index is 10.6. The van der Waals surface area contributed by atoms with Gasteiger partial charge in [-0.2, -0.15) is 0 Å². The third kappa shape index (κ3) is 4.62. The molecule has 0 saturated carbocycles. The number of likely N-dealkylation sites (tertiary alicyclic amines) is 1.